The highest BCUT2D eigenvalue weighted by molar-refractivity contribution is 5.54. The van der Waals surface area contributed by atoms with Crippen LogP contribution in [-0.2, 0) is 16.1 Å². The maximum atomic E-state index is 11.6. The Labute approximate surface area is 91.8 Å². The molecule has 6 heteroatoms. The van der Waals surface area contributed by atoms with Crippen molar-refractivity contribution in [3.8, 4) is 5.75 Å². The summed E-state index contributed by atoms with van der Waals surface area (Å²) in [5.74, 6) is 1.27. The van der Waals surface area contributed by atoms with Gasteiger partial charge in [0, 0.05) is 7.05 Å². The second-order valence-corrected chi connectivity index (χ2v) is 3.51. The molecular formula is C10H12N2O4. The van der Waals surface area contributed by atoms with Gasteiger partial charge in [-0.05, 0) is 6.07 Å². The Morgan fingerprint density at radius 1 is 1.69 bits per heavy atom. The van der Waals surface area contributed by atoms with Gasteiger partial charge in [0.05, 0.1) is 12.1 Å². The zero-order chi connectivity index (χ0) is 11.5. The molecule has 1 aliphatic rings. The number of hydrogen-bond donors (Lipinski definition) is 1. The molecule has 1 aliphatic heterocycles. The van der Waals surface area contributed by atoms with Gasteiger partial charge in [0.25, 0.3) is 12.0 Å². The molecule has 16 heavy (non-hydrogen) atoms. The molecule has 86 valence electrons. The summed E-state index contributed by atoms with van der Waals surface area (Å²) in [4.78, 5) is 26.3. The van der Waals surface area contributed by atoms with Crippen LogP contribution in [0.3, 0.4) is 0 Å². The number of rotatable bonds is 3. The van der Waals surface area contributed by atoms with E-state index in [-0.39, 0.29) is 12.2 Å². The average molecular weight is 224 g/mol. The zero-order valence-electron chi connectivity index (χ0n) is 8.86. The number of carbonyl (C=O) groups is 1. The fraction of sp³-hybridized carbons (Fsp3) is 0.400. The Balaban J connectivity index is 2.36. The van der Waals surface area contributed by atoms with Crippen LogP contribution in [0.4, 0.5) is 5.82 Å². The molecule has 0 aliphatic carbocycles. The van der Waals surface area contributed by atoms with E-state index < -0.39 is 0 Å². The summed E-state index contributed by atoms with van der Waals surface area (Å²) >= 11 is 0. The third-order valence-electron chi connectivity index (χ3n) is 2.44. The number of anilines is 1. The van der Waals surface area contributed by atoms with Crippen LogP contribution in [-0.4, -0.2) is 31.7 Å². The van der Waals surface area contributed by atoms with Gasteiger partial charge in [-0.2, -0.15) is 0 Å². The smallest absolute Gasteiger partial charge is 0.293 e. The lowest BCUT2D eigenvalue weighted by Gasteiger charge is -2.27. The molecule has 0 spiro atoms. The molecule has 0 atom stereocenters. The van der Waals surface area contributed by atoms with Crippen LogP contribution in [0.25, 0.3) is 0 Å². The van der Waals surface area contributed by atoms with Gasteiger partial charge in [0.2, 0.25) is 0 Å². The minimum absolute atomic E-state index is 0.0425. The van der Waals surface area contributed by atoms with Crippen molar-refractivity contribution >= 4 is 12.3 Å². The molecule has 1 aromatic heterocycles. The number of carbonyl (C=O) groups excluding carboxylic acids is 1. The van der Waals surface area contributed by atoms with Crippen molar-refractivity contribution in [2.45, 2.75) is 6.61 Å². The van der Waals surface area contributed by atoms with E-state index in [1.165, 1.54) is 0 Å². The Bertz CT molecular complexity index is 455. The third-order valence-corrected chi connectivity index (χ3v) is 2.44. The standard InChI is InChI=1S/C10H12N2O4/c1-12-2-3-16-8-4-7(5-15-6-13)10(14)11-9(8)12/h4,6H,2-3,5H2,1H3,(H,11,14). The molecule has 0 saturated carbocycles. The first-order valence-corrected chi connectivity index (χ1v) is 4.87. The predicted octanol–water partition coefficient (Wildman–Crippen LogP) is -0.124. The number of hydrogen-bond acceptors (Lipinski definition) is 5. The molecular weight excluding hydrogens is 212 g/mol. The van der Waals surface area contributed by atoms with Gasteiger partial charge in [-0.15, -0.1) is 0 Å². The highest BCUT2D eigenvalue weighted by atomic mass is 16.5. The fourth-order valence-electron chi connectivity index (χ4n) is 1.57. The second-order valence-electron chi connectivity index (χ2n) is 3.51. The Morgan fingerprint density at radius 2 is 2.50 bits per heavy atom. The van der Waals surface area contributed by atoms with Crippen LogP contribution in [0, 0.1) is 0 Å². The molecule has 0 radical (unpaired) electrons. The summed E-state index contributed by atoms with van der Waals surface area (Å²) in [5.41, 5.74) is 0.110. The van der Waals surface area contributed by atoms with Crippen molar-refractivity contribution < 1.29 is 14.3 Å². The molecule has 1 aromatic rings. The summed E-state index contributed by atoms with van der Waals surface area (Å²) < 4.78 is 9.96. The largest absolute Gasteiger partial charge is 0.488 e. The molecule has 0 aromatic carbocycles. The van der Waals surface area contributed by atoms with Crippen molar-refractivity contribution in [2.75, 3.05) is 25.1 Å². The minimum atomic E-state index is -0.266. The van der Waals surface area contributed by atoms with Crippen LogP contribution >= 0.6 is 0 Å². The lowest BCUT2D eigenvalue weighted by atomic mass is 10.2. The maximum Gasteiger partial charge on any atom is 0.293 e. The molecule has 2 rings (SSSR count). The number of pyridine rings is 1. The van der Waals surface area contributed by atoms with E-state index in [4.69, 9.17) is 4.74 Å². The molecule has 6 nitrogen and oxygen atoms in total. The first-order chi connectivity index (χ1) is 7.72. The van der Waals surface area contributed by atoms with Gasteiger partial charge < -0.3 is 19.4 Å². The first-order valence-electron chi connectivity index (χ1n) is 4.87. The van der Waals surface area contributed by atoms with Crippen LogP contribution < -0.4 is 15.2 Å². The Morgan fingerprint density at radius 3 is 3.25 bits per heavy atom. The van der Waals surface area contributed by atoms with E-state index in [1.54, 1.807) is 6.07 Å². The SMILES string of the molecule is CN1CCOc2cc(COC=O)c(=O)[nH]c21. The van der Waals surface area contributed by atoms with Gasteiger partial charge in [0.1, 0.15) is 13.2 Å². The number of H-pyrrole nitrogens is 1. The summed E-state index contributed by atoms with van der Waals surface area (Å²) in [6.07, 6.45) is 0. The highest BCUT2D eigenvalue weighted by Crippen LogP contribution is 2.27. The van der Waals surface area contributed by atoms with Gasteiger partial charge in [-0.3, -0.25) is 9.59 Å². The highest BCUT2D eigenvalue weighted by Gasteiger charge is 2.17. The Kier molecular flexibility index (Phi) is 2.80. The number of nitrogens with zero attached hydrogens (tertiary/aromatic N) is 1. The molecule has 0 saturated heterocycles. The van der Waals surface area contributed by atoms with Crippen LogP contribution in [0.15, 0.2) is 10.9 Å². The lowest BCUT2D eigenvalue weighted by molar-refractivity contribution is -0.129. The number of aromatic nitrogens is 1. The molecule has 0 bridgehead atoms. The van der Waals surface area contributed by atoms with E-state index in [9.17, 15) is 9.59 Å². The summed E-state index contributed by atoms with van der Waals surface area (Å²) in [6, 6.07) is 1.60. The summed E-state index contributed by atoms with van der Waals surface area (Å²) in [5, 5.41) is 0. The Hall–Kier alpha value is -1.98. The summed E-state index contributed by atoms with van der Waals surface area (Å²) in [7, 11) is 1.87. The topological polar surface area (TPSA) is 71.6 Å². The quantitative estimate of drug-likeness (QED) is 0.724. The van der Waals surface area contributed by atoms with Crippen molar-refractivity contribution in [2.24, 2.45) is 0 Å². The van der Waals surface area contributed by atoms with Crippen molar-refractivity contribution in [1.29, 1.82) is 0 Å². The van der Waals surface area contributed by atoms with Crippen LogP contribution in [0.1, 0.15) is 5.56 Å². The van der Waals surface area contributed by atoms with Gasteiger partial charge >= 0.3 is 0 Å². The maximum absolute atomic E-state index is 11.6. The lowest BCUT2D eigenvalue weighted by Crippen LogP contribution is -2.32. The predicted molar refractivity (Wildman–Crippen MR) is 56.7 cm³/mol. The van der Waals surface area contributed by atoms with Gasteiger partial charge in [-0.25, -0.2) is 0 Å². The number of nitrogens with one attached hydrogen (secondary N) is 1. The molecule has 0 unspecified atom stereocenters. The van der Waals surface area contributed by atoms with Gasteiger partial charge in [-0.1, -0.05) is 0 Å². The molecule has 0 fully saturated rings. The number of aromatic amines is 1. The van der Waals surface area contributed by atoms with Crippen LogP contribution in [0.2, 0.25) is 0 Å². The molecule has 1 N–H and O–H groups in total. The molecule has 0 amide bonds. The number of likely N-dealkylation sites (N-methyl/N-ethyl adjacent to an activating group) is 1. The first kappa shape index (κ1) is 10.5. The van der Waals surface area contributed by atoms with E-state index in [0.29, 0.717) is 30.2 Å². The van der Waals surface area contributed by atoms with E-state index in [0.717, 1.165) is 6.54 Å². The van der Waals surface area contributed by atoms with E-state index >= 15 is 0 Å². The molecule has 2 heterocycles. The summed E-state index contributed by atoms with van der Waals surface area (Å²) in [6.45, 7) is 1.57. The minimum Gasteiger partial charge on any atom is -0.488 e. The third kappa shape index (κ3) is 1.86. The second kappa shape index (κ2) is 4.26. The average Bonchev–Trinajstić information content (AvgIpc) is 2.28. The van der Waals surface area contributed by atoms with Crippen molar-refractivity contribution in [3.63, 3.8) is 0 Å². The van der Waals surface area contributed by atoms with E-state index in [1.807, 2.05) is 11.9 Å². The van der Waals surface area contributed by atoms with E-state index in [2.05, 4.69) is 9.72 Å². The monoisotopic (exact) mass is 224 g/mol. The van der Waals surface area contributed by atoms with Crippen LogP contribution in [0.5, 0.6) is 5.75 Å². The zero-order valence-corrected chi connectivity index (χ0v) is 8.86. The number of ether oxygens (including phenoxy) is 2. The normalized spacial score (nSPS) is 13.9. The van der Waals surface area contributed by atoms with Gasteiger partial charge in [0.15, 0.2) is 11.6 Å². The number of fused-ring (bicyclic) bond motifs is 1. The van der Waals surface area contributed by atoms with Crippen molar-refractivity contribution in [1.82, 2.24) is 4.98 Å². The fourth-order valence-corrected chi connectivity index (χ4v) is 1.57. The van der Waals surface area contributed by atoms with Crippen molar-refractivity contribution in [3.05, 3.63) is 22.0 Å².